The number of nitrogens with zero attached hydrogens (tertiary/aromatic N) is 3. The molecule has 0 radical (unpaired) electrons. The Morgan fingerprint density at radius 2 is 2.05 bits per heavy atom. The van der Waals surface area contributed by atoms with Gasteiger partial charge in [0.1, 0.15) is 5.15 Å². The molecule has 0 aliphatic carbocycles. The second-order valence-electron chi connectivity index (χ2n) is 3.91. The molecule has 0 fully saturated rings. The summed E-state index contributed by atoms with van der Waals surface area (Å²) in [4.78, 5) is 8.38. The van der Waals surface area contributed by atoms with E-state index in [4.69, 9.17) is 23.2 Å². The van der Waals surface area contributed by atoms with Crippen LogP contribution in [-0.2, 0) is 0 Å². The Bertz CT molecular complexity index is 605. The van der Waals surface area contributed by atoms with Gasteiger partial charge >= 0.3 is 0 Å². The minimum atomic E-state index is 0.344. The molecule has 0 unspecified atom stereocenters. The van der Waals surface area contributed by atoms with Crippen molar-refractivity contribution in [3.8, 4) is 0 Å². The molecule has 19 heavy (non-hydrogen) atoms. The molecule has 100 valence electrons. The van der Waals surface area contributed by atoms with Crippen molar-refractivity contribution in [2.24, 2.45) is 5.84 Å². The summed E-state index contributed by atoms with van der Waals surface area (Å²) in [5.41, 5.74) is 8.28. The van der Waals surface area contributed by atoms with Gasteiger partial charge in [0.05, 0.1) is 11.4 Å². The van der Waals surface area contributed by atoms with Gasteiger partial charge < -0.3 is 5.73 Å². The zero-order valence-electron chi connectivity index (χ0n) is 10.6. The molecule has 1 heterocycles. The lowest BCUT2D eigenvalue weighted by atomic mass is 10.1. The average Bonchev–Trinajstić information content (AvgIpc) is 2.40. The Balaban J connectivity index is 2.46. The van der Waals surface area contributed by atoms with Crippen LogP contribution >= 0.6 is 23.4 Å². The van der Waals surface area contributed by atoms with Crippen LogP contribution in [0.5, 0.6) is 0 Å². The van der Waals surface area contributed by atoms with E-state index < -0.39 is 0 Å². The van der Waals surface area contributed by atoms with Crippen LogP contribution in [0.15, 0.2) is 29.4 Å². The Hall–Kier alpha value is -1.50. The van der Waals surface area contributed by atoms with Crippen LogP contribution in [-0.4, -0.2) is 16.2 Å². The van der Waals surface area contributed by atoms with Crippen molar-refractivity contribution in [2.45, 2.75) is 12.1 Å². The van der Waals surface area contributed by atoms with Gasteiger partial charge in [-0.05, 0) is 24.8 Å². The molecule has 4 N–H and O–H groups in total. The van der Waals surface area contributed by atoms with E-state index in [-0.39, 0.29) is 0 Å². The third-order valence-corrected chi connectivity index (χ3v) is 3.39. The Kier molecular flexibility index (Phi) is 4.14. The second kappa shape index (κ2) is 5.64. The fourth-order valence-electron chi connectivity index (χ4n) is 1.60. The molecule has 1 aromatic carbocycles. The highest BCUT2D eigenvalue weighted by atomic mass is 35.5. The molecule has 7 heteroatoms. The lowest BCUT2D eigenvalue weighted by molar-refractivity contribution is 0.924. The number of para-hydroxylation sites is 1. The molecule has 0 aliphatic rings. The van der Waals surface area contributed by atoms with Crippen LogP contribution in [0, 0.1) is 6.92 Å². The molecule has 0 aliphatic heterocycles. The smallest absolute Gasteiger partial charge is 0.190 e. The van der Waals surface area contributed by atoms with Crippen LogP contribution in [0.1, 0.15) is 5.56 Å². The predicted octanol–water partition coefficient (Wildman–Crippen LogP) is 2.75. The fraction of sp³-hybridized carbons (Fsp3) is 0.167. The van der Waals surface area contributed by atoms with E-state index >= 15 is 0 Å². The van der Waals surface area contributed by atoms with Crippen LogP contribution in [0.25, 0.3) is 0 Å². The first-order valence-electron chi connectivity index (χ1n) is 5.51. The first-order valence-corrected chi connectivity index (χ1v) is 7.11. The molecular weight excluding hydrogens is 282 g/mol. The van der Waals surface area contributed by atoms with Gasteiger partial charge in [-0.3, -0.25) is 5.01 Å². The summed E-state index contributed by atoms with van der Waals surface area (Å²) in [5, 5.41) is 2.32. The second-order valence-corrected chi connectivity index (χ2v) is 5.07. The molecule has 0 spiro atoms. The predicted molar refractivity (Wildman–Crippen MR) is 80.7 cm³/mol. The van der Waals surface area contributed by atoms with E-state index in [1.165, 1.54) is 16.8 Å². The number of hydrazine groups is 1. The largest absolute Gasteiger partial charge is 0.397 e. The van der Waals surface area contributed by atoms with Crippen molar-refractivity contribution in [3.05, 3.63) is 35.0 Å². The number of aryl methyl sites for hydroxylation is 1. The zero-order chi connectivity index (χ0) is 14.0. The van der Waals surface area contributed by atoms with Crippen LogP contribution in [0.2, 0.25) is 5.15 Å². The summed E-state index contributed by atoms with van der Waals surface area (Å²) in [6, 6.07) is 7.24. The van der Waals surface area contributed by atoms with E-state index in [0.717, 1.165) is 5.56 Å². The molecule has 0 saturated carbocycles. The van der Waals surface area contributed by atoms with E-state index in [1.807, 2.05) is 31.4 Å². The quantitative estimate of drug-likeness (QED) is 0.226. The summed E-state index contributed by atoms with van der Waals surface area (Å²) in [7, 11) is 0. The third-order valence-electron chi connectivity index (χ3n) is 2.65. The highest BCUT2D eigenvalue weighted by molar-refractivity contribution is 7.98. The number of halogens is 1. The molecule has 1 aromatic heterocycles. The van der Waals surface area contributed by atoms with Gasteiger partial charge in [0, 0.05) is 6.07 Å². The Morgan fingerprint density at radius 1 is 1.32 bits per heavy atom. The highest BCUT2D eigenvalue weighted by Crippen LogP contribution is 2.30. The fourth-order valence-corrected chi connectivity index (χ4v) is 2.20. The van der Waals surface area contributed by atoms with Crippen LogP contribution in [0.3, 0.4) is 0 Å². The van der Waals surface area contributed by atoms with Crippen LogP contribution in [0.4, 0.5) is 17.2 Å². The number of hydrogen-bond donors (Lipinski definition) is 2. The molecule has 0 bridgehead atoms. The molecule has 2 aromatic rings. The number of anilines is 3. The van der Waals surface area contributed by atoms with Crippen molar-refractivity contribution < 1.29 is 0 Å². The van der Waals surface area contributed by atoms with Crippen molar-refractivity contribution in [3.63, 3.8) is 0 Å². The standard InChI is InChI=1S/C12H14ClN5S/c1-7-4-3-5-8(11(7)14)18(15)10-6-9(13)16-12(17-10)19-2/h3-6H,14-15H2,1-2H3. The SMILES string of the molecule is CSc1nc(Cl)cc(N(N)c2cccc(C)c2N)n1. The van der Waals surface area contributed by atoms with E-state index in [2.05, 4.69) is 9.97 Å². The minimum Gasteiger partial charge on any atom is -0.397 e. The lowest BCUT2D eigenvalue weighted by Crippen LogP contribution is -2.27. The molecule has 2 rings (SSSR count). The van der Waals surface area contributed by atoms with Gasteiger partial charge in [0.2, 0.25) is 0 Å². The minimum absolute atomic E-state index is 0.344. The molecule has 0 atom stereocenters. The molecule has 5 nitrogen and oxygen atoms in total. The molecule has 0 amide bonds. The van der Waals surface area contributed by atoms with E-state index in [0.29, 0.717) is 27.5 Å². The van der Waals surface area contributed by atoms with Crippen LogP contribution < -0.4 is 16.6 Å². The summed E-state index contributed by atoms with van der Waals surface area (Å²) in [6.07, 6.45) is 1.87. The monoisotopic (exact) mass is 295 g/mol. The summed E-state index contributed by atoms with van der Waals surface area (Å²) in [6.45, 7) is 1.92. The summed E-state index contributed by atoms with van der Waals surface area (Å²) >= 11 is 7.35. The number of thioether (sulfide) groups is 1. The van der Waals surface area contributed by atoms with Crippen molar-refractivity contribution >= 4 is 40.6 Å². The maximum atomic E-state index is 6.07. The Labute approximate surface area is 120 Å². The maximum Gasteiger partial charge on any atom is 0.190 e. The number of rotatable bonds is 3. The lowest BCUT2D eigenvalue weighted by Gasteiger charge is -2.20. The third kappa shape index (κ3) is 2.91. The maximum absolute atomic E-state index is 6.07. The normalized spacial score (nSPS) is 10.5. The number of aromatic nitrogens is 2. The molecular formula is C12H14ClN5S. The first-order chi connectivity index (χ1) is 9.02. The number of hydrogen-bond acceptors (Lipinski definition) is 6. The van der Waals surface area contributed by atoms with Crippen molar-refractivity contribution in [1.29, 1.82) is 0 Å². The number of nitrogens with two attached hydrogens (primary N) is 2. The highest BCUT2D eigenvalue weighted by Gasteiger charge is 2.13. The van der Waals surface area contributed by atoms with Gasteiger partial charge in [0.15, 0.2) is 11.0 Å². The molecule has 0 saturated heterocycles. The number of benzene rings is 1. The first kappa shape index (κ1) is 13.9. The van der Waals surface area contributed by atoms with Crippen molar-refractivity contribution in [2.75, 3.05) is 17.0 Å². The zero-order valence-corrected chi connectivity index (χ0v) is 12.2. The average molecular weight is 296 g/mol. The van der Waals surface area contributed by atoms with E-state index in [1.54, 1.807) is 6.07 Å². The Morgan fingerprint density at radius 3 is 2.74 bits per heavy atom. The summed E-state index contributed by atoms with van der Waals surface area (Å²) < 4.78 is 0. The van der Waals surface area contributed by atoms with Gasteiger partial charge in [-0.1, -0.05) is 35.5 Å². The van der Waals surface area contributed by atoms with E-state index in [9.17, 15) is 0 Å². The van der Waals surface area contributed by atoms with Gasteiger partial charge in [0.25, 0.3) is 0 Å². The topological polar surface area (TPSA) is 81.1 Å². The van der Waals surface area contributed by atoms with Gasteiger partial charge in [-0.25, -0.2) is 15.8 Å². The number of nitrogen functional groups attached to an aromatic ring is 1. The summed E-state index contributed by atoms with van der Waals surface area (Å²) in [5.74, 6) is 6.58. The van der Waals surface area contributed by atoms with Gasteiger partial charge in [-0.15, -0.1) is 0 Å². The van der Waals surface area contributed by atoms with Crippen molar-refractivity contribution in [1.82, 2.24) is 9.97 Å². The van der Waals surface area contributed by atoms with Gasteiger partial charge in [-0.2, -0.15) is 0 Å².